The number of nitrogens with zero attached hydrogens (tertiary/aromatic N) is 4. The third-order valence-electron chi connectivity index (χ3n) is 6.96. The first kappa shape index (κ1) is 30.6. The van der Waals surface area contributed by atoms with Crippen LogP contribution in [0.3, 0.4) is 0 Å². The lowest BCUT2D eigenvalue weighted by molar-refractivity contribution is -0.0337. The van der Waals surface area contributed by atoms with Crippen LogP contribution in [-0.4, -0.2) is 11.0 Å². The van der Waals surface area contributed by atoms with Gasteiger partial charge in [0.05, 0.1) is 5.57 Å². The highest BCUT2D eigenvalue weighted by molar-refractivity contribution is 8.00. The molecule has 44 heavy (non-hydrogen) atoms. The molecule has 216 valence electrons. The molecule has 0 N–H and O–H groups in total. The first-order valence-corrected chi connectivity index (χ1v) is 14.1. The zero-order valence-corrected chi connectivity index (χ0v) is 23.7. The van der Waals surface area contributed by atoms with E-state index in [4.69, 9.17) is 13.1 Å². The van der Waals surface area contributed by atoms with Crippen molar-refractivity contribution in [1.82, 2.24) is 0 Å². The second kappa shape index (κ2) is 11.7. The first-order valence-electron chi connectivity index (χ1n) is 12.5. The van der Waals surface area contributed by atoms with Gasteiger partial charge in [-0.1, -0.05) is 30.3 Å². The number of halogens is 6. The van der Waals surface area contributed by atoms with Crippen molar-refractivity contribution in [2.75, 3.05) is 0 Å². The number of rotatable bonds is 4. The minimum absolute atomic E-state index is 0.0285. The monoisotopic (exact) mass is 632 g/mol. The van der Waals surface area contributed by atoms with Crippen LogP contribution >= 0.6 is 23.5 Å². The molecule has 2 aliphatic carbocycles. The highest BCUT2D eigenvalue weighted by Gasteiger charge is 2.32. The van der Waals surface area contributed by atoms with E-state index < -0.39 is 11.0 Å². The maximum atomic E-state index is 13.0. The number of benzene rings is 3. The van der Waals surface area contributed by atoms with Gasteiger partial charge in [0.2, 0.25) is 0 Å². The minimum atomic E-state index is -4.48. The predicted octanol–water partition coefficient (Wildman–Crippen LogP) is 8.31. The molecule has 0 saturated carbocycles. The smallest absolute Gasteiger partial charge is 0.192 e. The summed E-state index contributed by atoms with van der Waals surface area (Å²) in [5.41, 5.74) is -4.62. The van der Waals surface area contributed by atoms with Crippen LogP contribution in [0.25, 0.3) is 44.1 Å². The number of nitriles is 2. The van der Waals surface area contributed by atoms with Crippen LogP contribution in [0, 0.1) is 35.8 Å². The Morgan fingerprint density at radius 1 is 0.659 bits per heavy atom. The van der Waals surface area contributed by atoms with Gasteiger partial charge in [0.25, 0.3) is 0 Å². The zero-order valence-electron chi connectivity index (χ0n) is 22.1. The molecule has 0 spiro atoms. The normalized spacial score (nSPS) is 13.4. The summed E-state index contributed by atoms with van der Waals surface area (Å²) in [6.45, 7) is 15.0. The van der Waals surface area contributed by atoms with Gasteiger partial charge < -0.3 is 0 Å². The zero-order chi connectivity index (χ0) is 31.8. The van der Waals surface area contributed by atoms with Crippen molar-refractivity contribution in [3.05, 3.63) is 115 Å². The van der Waals surface area contributed by atoms with Crippen molar-refractivity contribution >= 4 is 35.7 Å². The van der Waals surface area contributed by atoms with Gasteiger partial charge in [0.15, 0.2) is 0 Å². The molecule has 0 unspecified atom stereocenters. The van der Waals surface area contributed by atoms with Crippen molar-refractivity contribution in [3.8, 4) is 34.4 Å². The topological polar surface area (TPSA) is 56.3 Å². The number of alkyl halides is 6. The maximum Gasteiger partial charge on any atom is 0.522 e. The standard InChI is InChI=1S/C32H14F6N4S2/c1-41-30(42-2)20-13-26-27(14-20)29(18-5-9-23(10-6-18)44-32(36,37)38)25-12-19(21(15-39)16-40)11-24(25)28(26)17-3-7-22(8-4-17)43-31(33,34)35/h3-11,14H,12-13H2. The SMILES string of the molecule is [C-]#[N+]C([N+]#[C-])=C1C=c2c(c(-c3ccc(SC(F)(F)F)cc3)c3c(c2-c2ccc(SC(F)(F)F)cc2)CC(=C(C#N)C#N)C=3)C1. The lowest BCUT2D eigenvalue weighted by Crippen LogP contribution is -2.22. The Kier molecular flexibility index (Phi) is 8.10. The number of allylic oxidation sites excluding steroid dienone is 3. The summed E-state index contributed by atoms with van der Waals surface area (Å²) >= 11 is -0.519. The van der Waals surface area contributed by atoms with E-state index in [2.05, 4.69) is 9.69 Å². The Morgan fingerprint density at radius 3 is 1.41 bits per heavy atom. The molecule has 0 fully saturated rings. The number of hydrogen-bond acceptors (Lipinski definition) is 4. The average Bonchev–Trinajstić information content (AvgIpc) is 3.58. The number of thioether (sulfide) groups is 2. The minimum Gasteiger partial charge on any atom is -0.192 e. The summed E-state index contributed by atoms with van der Waals surface area (Å²) in [4.78, 5) is 6.63. The first-order chi connectivity index (χ1) is 20.9. The Balaban J connectivity index is 1.84. The number of hydrogen-bond donors (Lipinski definition) is 0. The lowest BCUT2D eigenvalue weighted by Gasteiger charge is -2.17. The molecule has 0 heterocycles. The summed E-state index contributed by atoms with van der Waals surface area (Å²) in [5.74, 6) is -0.159. The molecule has 4 nitrogen and oxygen atoms in total. The quantitative estimate of drug-likeness (QED) is 0.126. The van der Waals surface area contributed by atoms with Gasteiger partial charge in [-0.3, -0.25) is 0 Å². The Morgan fingerprint density at radius 2 is 1.05 bits per heavy atom. The fourth-order valence-electron chi connectivity index (χ4n) is 5.36. The molecule has 3 aromatic carbocycles. The molecule has 0 aliphatic heterocycles. The van der Waals surface area contributed by atoms with E-state index in [0.717, 1.165) is 0 Å². The Labute approximate surface area is 255 Å². The van der Waals surface area contributed by atoms with Crippen molar-refractivity contribution in [3.63, 3.8) is 0 Å². The molecule has 5 rings (SSSR count). The Hall–Kier alpha value is -4.88. The van der Waals surface area contributed by atoms with E-state index >= 15 is 0 Å². The largest absolute Gasteiger partial charge is 0.522 e. The molecule has 0 atom stereocenters. The summed E-state index contributed by atoms with van der Waals surface area (Å²) in [7, 11) is 0. The summed E-state index contributed by atoms with van der Waals surface area (Å²) < 4.78 is 78.0. The van der Waals surface area contributed by atoms with Crippen molar-refractivity contribution in [2.24, 2.45) is 0 Å². The van der Waals surface area contributed by atoms with E-state index in [1.54, 1.807) is 12.2 Å². The fraction of sp³-hybridized carbons (Fsp3) is 0.125. The van der Waals surface area contributed by atoms with Crippen LogP contribution < -0.4 is 10.4 Å². The highest BCUT2D eigenvalue weighted by Crippen LogP contribution is 2.40. The fourth-order valence-corrected chi connectivity index (χ4v) is 6.44. The van der Waals surface area contributed by atoms with Crippen molar-refractivity contribution in [1.29, 1.82) is 10.5 Å². The van der Waals surface area contributed by atoms with Gasteiger partial charge in [-0.2, -0.15) is 46.6 Å². The molecule has 12 heteroatoms. The molecule has 2 aliphatic rings. The molecular formula is C32H14F6N4S2. The van der Waals surface area contributed by atoms with E-state index in [1.807, 2.05) is 12.1 Å². The summed E-state index contributed by atoms with van der Waals surface area (Å²) in [5, 5.41) is 20.4. The molecule has 3 aromatic rings. The summed E-state index contributed by atoms with van der Waals surface area (Å²) in [6.07, 6.45) is 3.63. The van der Waals surface area contributed by atoms with E-state index in [1.165, 1.54) is 48.5 Å². The van der Waals surface area contributed by atoms with Crippen LogP contribution in [0.5, 0.6) is 0 Å². The Bertz CT molecular complexity index is 1880. The van der Waals surface area contributed by atoms with Crippen molar-refractivity contribution in [2.45, 2.75) is 33.6 Å². The summed E-state index contributed by atoms with van der Waals surface area (Å²) in [6, 6.07) is 15.2. The van der Waals surface area contributed by atoms with Crippen molar-refractivity contribution < 1.29 is 26.3 Å². The third-order valence-corrected chi connectivity index (χ3v) is 8.44. The van der Waals surface area contributed by atoms with Gasteiger partial charge >= 0.3 is 16.8 Å². The van der Waals surface area contributed by atoms with Crippen LogP contribution in [0.4, 0.5) is 26.3 Å². The van der Waals surface area contributed by atoms with Gasteiger partial charge in [-0.15, -0.1) is 0 Å². The average molecular weight is 633 g/mol. The predicted molar refractivity (Wildman–Crippen MR) is 155 cm³/mol. The molecule has 0 radical (unpaired) electrons. The van der Waals surface area contributed by atoms with E-state index in [0.29, 0.717) is 55.0 Å². The lowest BCUT2D eigenvalue weighted by atomic mass is 9.87. The van der Waals surface area contributed by atoms with Crippen LogP contribution in [0.1, 0.15) is 11.1 Å². The molecular weight excluding hydrogens is 619 g/mol. The van der Waals surface area contributed by atoms with Crippen LogP contribution in [-0.2, 0) is 12.8 Å². The van der Waals surface area contributed by atoms with Gasteiger partial charge in [-0.05, 0) is 110 Å². The van der Waals surface area contributed by atoms with E-state index in [-0.39, 0.29) is 57.6 Å². The van der Waals surface area contributed by atoms with Crippen LogP contribution in [0.2, 0.25) is 0 Å². The number of fused-ring (bicyclic) bond motifs is 2. The molecule has 0 amide bonds. The van der Waals surface area contributed by atoms with Gasteiger partial charge in [0, 0.05) is 16.2 Å². The molecule has 0 aromatic heterocycles. The van der Waals surface area contributed by atoms with Crippen LogP contribution in [0.15, 0.2) is 80.9 Å². The van der Waals surface area contributed by atoms with Gasteiger partial charge in [-0.25, -0.2) is 0 Å². The maximum absolute atomic E-state index is 13.0. The molecule has 0 saturated heterocycles. The second-order valence-corrected chi connectivity index (χ2v) is 11.8. The second-order valence-electron chi connectivity index (χ2n) is 9.52. The molecule has 0 bridgehead atoms. The van der Waals surface area contributed by atoms with Gasteiger partial charge in [0.1, 0.15) is 30.9 Å². The van der Waals surface area contributed by atoms with E-state index in [9.17, 15) is 36.9 Å². The third kappa shape index (κ3) is 6.10. The highest BCUT2D eigenvalue weighted by atomic mass is 32.2.